The Labute approximate surface area is 126 Å². The molecule has 2 aromatic carbocycles. The highest BCUT2D eigenvalue weighted by molar-refractivity contribution is 5.47. The molecule has 2 rings (SSSR count). The highest BCUT2D eigenvalue weighted by atomic mass is 19.1. The Morgan fingerprint density at radius 2 is 1.67 bits per heavy atom. The predicted molar refractivity (Wildman–Crippen MR) is 88.5 cm³/mol. The largest absolute Gasteiger partial charge is 0.383 e. The molecule has 2 nitrogen and oxygen atoms in total. The van der Waals surface area contributed by atoms with Gasteiger partial charge in [0.2, 0.25) is 0 Å². The molecule has 0 heterocycles. The molecule has 112 valence electrons. The fourth-order valence-corrected chi connectivity index (χ4v) is 2.26. The van der Waals surface area contributed by atoms with Gasteiger partial charge < -0.3 is 10.2 Å². The van der Waals surface area contributed by atoms with Gasteiger partial charge in [0.05, 0.1) is 0 Å². The molecule has 3 heteroatoms. The van der Waals surface area contributed by atoms with Crippen molar-refractivity contribution in [3.63, 3.8) is 0 Å². The lowest BCUT2D eigenvalue weighted by atomic mass is 10.2. The average molecular weight is 286 g/mol. The van der Waals surface area contributed by atoms with Gasteiger partial charge in [-0.15, -0.1) is 0 Å². The van der Waals surface area contributed by atoms with E-state index in [2.05, 4.69) is 41.4 Å². The summed E-state index contributed by atoms with van der Waals surface area (Å²) in [5.41, 5.74) is 2.21. The molecule has 0 atom stereocenters. The Hall–Kier alpha value is -2.03. The van der Waals surface area contributed by atoms with E-state index >= 15 is 0 Å². The van der Waals surface area contributed by atoms with Gasteiger partial charge in [-0.3, -0.25) is 0 Å². The summed E-state index contributed by atoms with van der Waals surface area (Å²) in [6, 6.07) is 17.0. The number of hydrogen-bond donors (Lipinski definition) is 1. The van der Waals surface area contributed by atoms with E-state index in [0.29, 0.717) is 0 Å². The quantitative estimate of drug-likeness (QED) is 0.766. The van der Waals surface area contributed by atoms with E-state index in [1.807, 2.05) is 6.07 Å². The summed E-state index contributed by atoms with van der Waals surface area (Å²) in [4.78, 5) is 2.39. The van der Waals surface area contributed by atoms with Crippen molar-refractivity contribution in [3.8, 4) is 0 Å². The van der Waals surface area contributed by atoms with Crippen molar-refractivity contribution in [2.75, 3.05) is 29.9 Å². The summed E-state index contributed by atoms with van der Waals surface area (Å²) in [6.45, 7) is 5.04. The second-order valence-electron chi connectivity index (χ2n) is 5.11. The standard InChI is InChI=1S/C18H23FN2/c1-2-3-14-21(18-7-5-4-6-8-18)15-13-20-17-11-9-16(19)10-12-17/h4-12,20H,2-3,13-15H2,1H3. The van der Waals surface area contributed by atoms with Crippen LogP contribution in [0.5, 0.6) is 0 Å². The highest BCUT2D eigenvalue weighted by Crippen LogP contribution is 2.14. The van der Waals surface area contributed by atoms with Crippen LogP contribution in [0.1, 0.15) is 19.8 Å². The van der Waals surface area contributed by atoms with Gasteiger partial charge >= 0.3 is 0 Å². The minimum absolute atomic E-state index is 0.200. The zero-order chi connectivity index (χ0) is 14.9. The van der Waals surface area contributed by atoms with Gasteiger partial charge in [0.25, 0.3) is 0 Å². The fraction of sp³-hybridized carbons (Fsp3) is 0.333. The van der Waals surface area contributed by atoms with Crippen LogP contribution in [0.25, 0.3) is 0 Å². The molecule has 1 N–H and O–H groups in total. The summed E-state index contributed by atoms with van der Waals surface area (Å²) >= 11 is 0. The molecule has 0 bridgehead atoms. The zero-order valence-electron chi connectivity index (χ0n) is 12.6. The van der Waals surface area contributed by atoms with Crippen LogP contribution in [-0.2, 0) is 0 Å². The van der Waals surface area contributed by atoms with Gasteiger partial charge in [0.15, 0.2) is 0 Å². The van der Waals surface area contributed by atoms with Crippen LogP contribution < -0.4 is 10.2 Å². The Balaban J connectivity index is 1.88. The van der Waals surface area contributed by atoms with E-state index in [1.165, 1.54) is 30.7 Å². The lowest BCUT2D eigenvalue weighted by Crippen LogP contribution is -2.30. The monoisotopic (exact) mass is 286 g/mol. The van der Waals surface area contributed by atoms with Crippen LogP contribution in [-0.4, -0.2) is 19.6 Å². The number of anilines is 2. The summed E-state index contributed by atoms with van der Waals surface area (Å²) in [7, 11) is 0. The fourth-order valence-electron chi connectivity index (χ4n) is 2.26. The van der Waals surface area contributed by atoms with Gasteiger partial charge in [-0.1, -0.05) is 31.5 Å². The topological polar surface area (TPSA) is 15.3 Å². The summed E-state index contributed by atoms with van der Waals surface area (Å²) in [5, 5.41) is 3.34. The first-order valence-corrected chi connectivity index (χ1v) is 7.59. The molecule has 0 saturated carbocycles. The molecular weight excluding hydrogens is 263 g/mol. The van der Waals surface area contributed by atoms with Gasteiger partial charge in [-0.2, -0.15) is 0 Å². The summed E-state index contributed by atoms with van der Waals surface area (Å²) in [6.07, 6.45) is 2.38. The lowest BCUT2D eigenvalue weighted by molar-refractivity contribution is 0.628. The molecule has 0 aliphatic rings. The lowest BCUT2D eigenvalue weighted by Gasteiger charge is -2.25. The molecule has 0 fully saturated rings. The highest BCUT2D eigenvalue weighted by Gasteiger charge is 2.05. The number of nitrogens with zero attached hydrogens (tertiary/aromatic N) is 1. The molecule has 0 amide bonds. The Morgan fingerprint density at radius 1 is 0.952 bits per heavy atom. The third kappa shape index (κ3) is 5.10. The van der Waals surface area contributed by atoms with Gasteiger partial charge in [-0.05, 0) is 42.8 Å². The molecule has 0 unspecified atom stereocenters. The second kappa shape index (κ2) is 8.30. The van der Waals surface area contributed by atoms with E-state index in [-0.39, 0.29) is 5.82 Å². The molecule has 21 heavy (non-hydrogen) atoms. The van der Waals surface area contributed by atoms with E-state index in [9.17, 15) is 4.39 Å². The maximum atomic E-state index is 12.9. The normalized spacial score (nSPS) is 10.4. The van der Waals surface area contributed by atoms with Gasteiger partial charge in [-0.25, -0.2) is 4.39 Å². The van der Waals surface area contributed by atoms with Crippen LogP contribution in [0.15, 0.2) is 54.6 Å². The van der Waals surface area contributed by atoms with Crippen molar-refractivity contribution in [2.24, 2.45) is 0 Å². The van der Waals surface area contributed by atoms with Crippen LogP contribution in [0.4, 0.5) is 15.8 Å². The number of hydrogen-bond acceptors (Lipinski definition) is 2. The number of para-hydroxylation sites is 1. The first kappa shape index (κ1) is 15.4. The third-order valence-electron chi connectivity index (χ3n) is 3.46. The Bertz CT molecular complexity index is 511. The maximum Gasteiger partial charge on any atom is 0.123 e. The first-order chi connectivity index (χ1) is 10.3. The molecule has 0 aromatic heterocycles. The van der Waals surface area contributed by atoms with Crippen molar-refractivity contribution >= 4 is 11.4 Å². The first-order valence-electron chi connectivity index (χ1n) is 7.59. The van der Waals surface area contributed by atoms with Crippen LogP contribution in [0.3, 0.4) is 0 Å². The van der Waals surface area contributed by atoms with Crippen molar-refractivity contribution in [3.05, 3.63) is 60.4 Å². The number of rotatable bonds is 8. The third-order valence-corrected chi connectivity index (χ3v) is 3.46. The molecule has 0 spiro atoms. The number of unbranched alkanes of at least 4 members (excludes halogenated alkanes) is 1. The van der Waals surface area contributed by atoms with E-state index in [1.54, 1.807) is 12.1 Å². The minimum Gasteiger partial charge on any atom is -0.383 e. The summed E-state index contributed by atoms with van der Waals surface area (Å²) < 4.78 is 12.9. The molecule has 0 aliphatic carbocycles. The zero-order valence-corrected chi connectivity index (χ0v) is 12.6. The summed E-state index contributed by atoms with van der Waals surface area (Å²) in [5.74, 6) is -0.200. The minimum atomic E-state index is -0.200. The van der Waals surface area contributed by atoms with Gasteiger partial charge in [0, 0.05) is 31.0 Å². The van der Waals surface area contributed by atoms with E-state index in [4.69, 9.17) is 0 Å². The number of nitrogens with one attached hydrogen (secondary N) is 1. The van der Waals surface area contributed by atoms with Crippen molar-refractivity contribution in [1.82, 2.24) is 0 Å². The van der Waals surface area contributed by atoms with E-state index < -0.39 is 0 Å². The van der Waals surface area contributed by atoms with Crippen LogP contribution in [0, 0.1) is 5.82 Å². The Kier molecular flexibility index (Phi) is 6.07. The van der Waals surface area contributed by atoms with Crippen molar-refractivity contribution < 1.29 is 4.39 Å². The number of benzene rings is 2. The van der Waals surface area contributed by atoms with Crippen LogP contribution in [0.2, 0.25) is 0 Å². The Morgan fingerprint density at radius 3 is 2.33 bits per heavy atom. The second-order valence-corrected chi connectivity index (χ2v) is 5.11. The maximum absolute atomic E-state index is 12.9. The van der Waals surface area contributed by atoms with Crippen molar-refractivity contribution in [1.29, 1.82) is 0 Å². The molecule has 0 radical (unpaired) electrons. The smallest absolute Gasteiger partial charge is 0.123 e. The molecule has 0 aliphatic heterocycles. The average Bonchev–Trinajstić information content (AvgIpc) is 2.53. The van der Waals surface area contributed by atoms with Crippen LogP contribution >= 0.6 is 0 Å². The number of halogens is 1. The molecule has 2 aromatic rings. The SMILES string of the molecule is CCCCN(CCNc1ccc(F)cc1)c1ccccc1. The molecular formula is C18H23FN2. The molecule has 0 saturated heterocycles. The van der Waals surface area contributed by atoms with Gasteiger partial charge in [0.1, 0.15) is 5.82 Å². The van der Waals surface area contributed by atoms with E-state index in [0.717, 1.165) is 25.3 Å². The predicted octanol–water partition coefficient (Wildman–Crippen LogP) is 4.54. The van der Waals surface area contributed by atoms with Crippen molar-refractivity contribution in [2.45, 2.75) is 19.8 Å².